The summed E-state index contributed by atoms with van der Waals surface area (Å²) in [6.07, 6.45) is 1.42. The van der Waals surface area contributed by atoms with Crippen molar-refractivity contribution >= 4 is 33.4 Å². The first-order chi connectivity index (χ1) is 12.6. The number of carbonyl (C=O) groups is 1. The second kappa shape index (κ2) is 10.8. The van der Waals surface area contributed by atoms with Crippen LogP contribution in [0.3, 0.4) is 0 Å². The fourth-order valence-electron chi connectivity index (χ4n) is 2.48. The Morgan fingerprint density at radius 3 is 2.85 bits per heavy atom. The Bertz CT molecular complexity index is 697. The zero-order chi connectivity index (χ0) is 18.8. The number of rotatable bonds is 9. The first-order valence-electron chi connectivity index (χ1n) is 8.89. The van der Waals surface area contributed by atoms with E-state index in [0.717, 1.165) is 29.6 Å². The molecular formula is C19H27N3O3S. The molecule has 0 aliphatic carbocycles. The van der Waals surface area contributed by atoms with Crippen LogP contribution in [0.2, 0.25) is 0 Å². The van der Waals surface area contributed by atoms with Crippen LogP contribution < -0.4 is 10.6 Å². The summed E-state index contributed by atoms with van der Waals surface area (Å²) in [4.78, 5) is 16.5. The lowest BCUT2D eigenvalue weighted by molar-refractivity contribution is -0.140. The molecule has 2 rings (SSSR count). The van der Waals surface area contributed by atoms with E-state index < -0.39 is 6.10 Å². The molecule has 7 heteroatoms. The minimum Gasteiger partial charge on any atom is -0.469 e. The molecule has 142 valence electrons. The number of fused-ring (bicyclic) bond motifs is 1. The van der Waals surface area contributed by atoms with E-state index in [1.165, 1.54) is 11.8 Å². The second-order valence-electron chi connectivity index (χ2n) is 5.88. The minimum absolute atomic E-state index is 0.183. The number of benzene rings is 1. The lowest BCUT2D eigenvalue weighted by Crippen LogP contribution is -2.38. The Balaban J connectivity index is 1.83. The zero-order valence-electron chi connectivity index (χ0n) is 15.3. The number of aliphatic hydroxyl groups excluding tert-OH is 1. The first-order valence-corrected chi connectivity index (χ1v) is 9.71. The molecule has 0 aliphatic rings. The number of carbonyl (C=O) groups excluding carboxylic acids is 1. The van der Waals surface area contributed by atoms with Gasteiger partial charge in [0.1, 0.15) is 6.10 Å². The molecule has 1 atom stereocenters. The normalized spacial score (nSPS) is 12.8. The summed E-state index contributed by atoms with van der Waals surface area (Å²) in [5.74, 6) is 0.489. The maximum Gasteiger partial charge on any atom is 0.305 e. The van der Waals surface area contributed by atoms with E-state index >= 15 is 0 Å². The van der Waals surface area contributed by atoms with Gasteiger partial charge in [-0.2, -0.15) is 0 Å². The van der Waals surface area contributed by atoms with Crippen molar-refractivity contribution in [2.45, 2.75) is 32.3 Å². The third-order valence-corrected chi connectivity index (χ3v) is 5.08. The molecule has 0 saturated heterocycles. The number of thiophene rings is 1. The van der Waals surface area contributed by atoms with Gasteiger partial charge in [-0.25, -0.2) is 0 Å². The van der Waals surface area contributed by atoms with Gasteiger partial charge in [0.2, 0.25) is 0 Å². The van der Waals surface area contributed by atoms with Gasteiger partial charge in [0.25, 0.3) is 0 Å². The Labute approximate surface area is 158 Å². The summed E-state index contributed by atoms with van der Waals surface area (Å²) in [7, 11) is 1.40. The van der Waals surface area contributed by atoms with E-state index in [-0.39, 0.29) is 5.97 Å². The number of hydrogen-bond acceptors (Lipinski definition) is 5. The number of nitrogens with one attached hydrogen (secondary N) is 2. The smallest absolute Gasteiger partial charge is 0.305 e. The molecule has 1 aromatic carbocycles. The van der Waals surface area contributed by atoms with Crippen molar-refractivity contribution in [3.8, 4) is 0 Å². The van der Waals surface area contributed by atoms with Crippen molar-refractivity contribution in [2.24, 2.45) is 4.99 Å². The van der Waals surface area contributed by atoms with Crippen molar-refractivity contribution in [1.82, 2.24) is 10.6 Å². The maximum atomic E-state index is 11.1. The lowest BCUT2D eigenvalue weighted by atomic mass is 10.2. The van der Waals surface area contributed by atoms with E-state index in [1.54, 1.807) is 11.3 Å². The first kappa shape index (κ1) is 20.2. The number of hydrogen-bond donors (Lipinski definition) is 3. The van der Waals surface area contributed by atoms with E-state index in [0.29, 0.717) is 25.5 Å². The van der Waals surface area contributed by atoms with Crippen LogP contribution in [0.5, 0.6) is 0 Å². The van der Waals surface area contributed by atoms with E-state index in [1.807, 2.05) is 31.2 Å². The highest BCUT2D eigenvalue weighted by Crippen LogP contribution is 2.29. The Morgan fingerprint density at radius 1 is 1.31 bits per heavy atom. The summed E-state index contributed by atoms with van der Waals surface area (Å²) >= 11 is 1.60. The molecule has 0 spiro atoms. The van der Waals surface area contributed by atoms with Crippen LogP contribution in [0.4, 0.5) is 0 Å². The number of unbranched alkanes of at least 4 members (excludes halogenated alkanes) is 1. The van der Waals surface area contributed by atoms with Crippen LogP contribution in [0.25, 0.3) is 10.1 Å². The van der Waals surface area contributed by atoms with Crippen LogP contribution >= 0.6 is 11.3 Å². The standard InChI is InChI=1S/C19H27N3O3S/c1-3-20-19(21-11-7-6-10-18(24)25-2)22-13-15(23)17-12-14-8-4-5-9-16(14)26-17/h4-5,8-9,12,15,23H,3,6-7,10-11,13H2,1-2H3,(H2,20,21,22). The van der Waals surface area contributed by atoms with Crippen LogP contribution in [-0.2, 0) is 9.53 Å². The summed E-state index contributed by atoms with van der Waals surface area (Å²) in [5.41, 5.74) is 0. The summed E-state index contributed by atoms with van der Waals surface area (Å²) < 4.78 is 5.79. The number of aliphatic hydroxyl groups is 1. The number of aliphatic imine (C=N–C) groups is 1. The monoisotopic (exact) mass is 377 g/mol. The summed E-state index contributed by atoms with van der Waals surface area (Å²) in [5, 5.41) is 18.0. The van der Waals surface area contributed by atoms with Crippen LogP contribution in [0, 0.1) is 0 Å². The van der Waals surface area contributed by atoms with Crippen LogP contribution in [0.15, 0.2) is 35.3 Å². The highest BCUT2D eigenvalue weighted by atomic mass is 32.1. The highest BCUT2D eigenvalue weighted by molar-refractivity contribution is 7.19. The number of ether oxygens (including phenoxy) is 1. The Morgan fingerprint density at radius 2 is 2.12 bits per heavy atom. The number of guanidine groups is 1. The molecule has 0 amide bonds. The van der Waals surface area contributed by atoms with Gasteiger partial charge in [0.15, 0.2) is 5.96 Å². The third kappa shape index (κ3) is 6.31. The SMILES string of the molecule is CCNC(=NCC(O)c1cc2ccccc2s1)NCCCCC(=O)OC. The molecule has 6 nitrogen and oxygen atoms in total. The number of esters is 1. The molecule has 1 heterocycles. The number of nitrogens with zero attached hydrogens (tertiary/aromatic N) is 1. The Hall–Kier alpha value is -2.12. The van der Waals surface area contributed by atoms with Gasteiger partial charge in [-0.05, 0) is 37.3 Å². The summed E-state index contributed by atoms with van der Waals surface area (Å²) in [6, 6.07) is 10.1. The van der Waals surface area contributed by atoms with Crippen LogP contribution in [0.1, 0.15) is 37.2 Å². The molecule has 0 saturated carbocycles. The molecule has 0 radical (unpaired) electrons. The van der Waals surface area contributed by atoms with Gasteiger partial charge in [-0.3, -0.25) is 9.79 Å². The molecule has 3 N–H and O–H groups in total. The van der Waals surface area contributed by atoms with Gasteiger partial charge in [0, 0.05) is 29.1 Å². The van der Waals surface area contributed by atoms with Crippen molar-refractivity contribution in [3.63, 3.8) is 0 Å². The van der Waals surface area contributed by atoms with Crippen molar-refractivity contribution in [2.75, 3.05) is 26.7 Å². The molecule has 0 bridgehead atoms. The molecule has 2 aromatic rings. The molecule has 26 heavy (non-hydrogen) atoms. The largest absolute Gasteiger partial charge is 0.469 e. The fourth-order valence-corrected chi connectivity index (χ4v) is 3.52. The van der Waals surface area contributed by atoms with Gasteiger partial charge in [-0.1, -0.05) is 18.2 Å². The zero-order valence-corrected chi connectivity index (χ0v) is 16.1. The quantitative estimate of drug-likeness (QED) is 0.271. The summed E-state index contributed by atoms with van der Waals surface area (Å²) in [6.45, 7) is 3.75. The minimum atomic E-state index is -0.623. The van der Waals surface area contributed by atoms with Crippen molar-refractivity contribution in [3.05, 3.63) is 35.2 Å². The molecular weight excluding hydrogens is 350 g/mol. The lowest BCUT2D eigenvalue weighted by Gasteiger charge is -2.12. The molecule has 1 aromatic heterocycles. The molecule has 0 fully saturated rings. The second-order valence-corrected chi connectivity index (χ2v) is 7.00. The Kier molecular flexibility index (Phi) is 8.37. The van der Waals surface area contributed by atoms with Crippen LogP contribution in [-0.4, -0.2) is 43.8 Å². The van der Waals surface area contributed by atoms with E-state index in [9.17, 15) is 9.90 Å². The average Bonchev–Trinajstić information content (AvgIpc) is 3.09. The van der Waals surface area contributed by atoms with Gasteiger partial charge >= 0.3 is 5.97 Å². The van der Waals surface area contributed by atoms with Gasteiger partial charge in [-0.15, -0.1) is 11.3 Å². The van der Waals surface area contributed by atoms with Gasteiger partial charge in [0.05, 0.1) is 13.7 Å². The third-order valence-electron chi connectivity index (χ3n) is 3.87. The van der Waals surface area contributed by atoms with Crippen molar-refractivity contribution < 1.29 is 14.6 Å². The predicted octanol–water partition coefficient (Wildman–Crippen LogP) is 2.83. The fraction of sp³-hybridized carbons (Fsp3) is 0.474. The predicted molar refractivity (Wildman–Crippen MR) is 107 cm³/mol. The highest BCUT2D eigenvalue weighted by Gasteiger charge is 2.11. The molecule has 0 aliphatic heterocycles. The van der Waals surface area contributed by atoms with Crippen molar-refractivity contribution in [1.29, 1.82) is 0 Å². The van der Waals surface area contributed by atoms with E-state index in [2.05, 4.69) is 26.4 Å². The average molecular weight is 378 g/mol. The molecule has 1 unspecified atom stereocenters. The topological polar surface area (TPSA) is 83.0 Å². The maximum absolute atomic E-state index is 11.1. The van der Waals surface area contributed by atoms with E-state index in [4.69, 9.17) is 0 Å². The number of methoxy groups -OCH3 is 1. The van der Waals surface area contributed by atoms with Gasteiger partial charge < -0.3 is 20.5 Å².